The van der Waals surface area contributed by atoms with Gasteiger partial charge in [-0.25, -0.2) is 4.79 Å². The molecule has 2 aromatic carbocycles. The molecule has 0 spiro atoms. The van der Waals surface area contributed by atoms with E-state index in [1.807, 2.05) is 26.0 Å². The fraction of sp³-hybridized carbons (Fsp3) is 0.318. The summed E-state index contributed by atoms with van der Waals surface area (Å²) in [7, 11) is 1.41. The molecule has 0 heterocycles. The van der Waals surface area contributed by atoms with Gasteiger partial charge in [0.25, 0.3) is 11.8 Å². The second-order valence-electron chi connectivity index (χ2n) is 6.92. The number of carbonyl (C=O) groups excluding carboxylic acids is 3. The monoisotopic (exact) mass is 492 g/mol. The maximum Gasteiger partial charge on any atom is 0.339 e. The van der Waals surface area contributed by atoms with Crippen LogP contribution in [0.5, 0.6) is 11.5 Å². The zero-order chi connectivity index (χ0) is 23.0. The minimum absolute atomic E-state index is 0.0638. The third-order valence-corrected chi connectivity index (χ3v) is 4.50. The van der Waals surface area contributed by atoms with Gasteiger partial charge in [0.15, 0.2) is 24.2 Å². The van der Waals surface area contributed by atoms with Gasteiger partial charge < -0.3 is 24.8 Å². The van der Waals surface area contributed by atoms with Crippen LogP contribution < -0.4 is 20.1 Å². The molecule has 9 heteroatoms. The summed E-state index contributed by atoms with van der Waals surface area (Å²) in [5.41, 5.74) is 0.824. The second-order valence-corrected chi connectivity index (χ2v) is 7.84. The largest absolute Gasteiger partial charge is 0.493 e. The molecule has 8 nitrogen and oxygen atoms in total. The molecule has 2 aromatic rings. The lowest BCUT2D eigenvalue weighted by Crippen LogP contribution is -2.39. The van der Waals surface area contributed by atoms with E-state index in [1.165, 1.54) is 32.2 Å². The average molecular weight is 493 g/mol. The van der Waals surface area contributed by atoms with Crippen LogP contribution in [0.3, 0.4) is 0 Å². The Kier molecular flexibility index (Phi) is 8.87. The molecule has 0 aliphatic heterocycles. The molecule has 0 aliphatic carbocycles. The average Bonchev–Trinajstić information content (AvgIpc) is 2.73. The van der Waals surface area contributed by atoms with Crippen LogP contribution in [-0.4, -0.2) is 43.6 Å². The molecule has 2 rings (SSSR count). The van der Waals surface area contributed by atoms with Gasteiger partial charge in [-0.15, -0.1) is 0 Å². The van der Waals surface area contributed by atoms with Crippen molar-refractivity contribution in [3.05, 3.63) is 52.5 Å². The van der Waals surface area contributed by atoms with Crippen LogP contribution >= 0.6 is 15.9 Å². The minimum Gasteiger partial charge on any atom is -0.493 e. The highest BCUT2D eigenvalue weighted by Crippen LogP contribution is 2.28. The Bertz CT molecular complexity index is 930. The molecule has 166 valence electrons. The van der Waals surface area contributed by atoms with Gasteiger partial charge in [-0.05, 0) is 63.2 Å². The van der Waals surface area contributed by atoms with Crippen molar-refractivity contribution in [2.45, 2.75) is 32.9 Å². The molecule has 0 saturated heterocycles. The fourth-order valence-corrected chi connectivity index (χ4v) is 2.74. The standard InChI is InChI=1S/C22H25BrN2O6/c1-13(2)24-21(27)14(3)31-22(28)15-5-10-18(19(11-15)29-4)30-12-20(26)25-17-8-6-16(23)7-9-17/h5-11,13-14H,12H2,1-4H3,(H,24,27)(H,25,26). The second kappa shape index (κ2) is 11.4. The van der Waals surface area contributed by atoms with E-state index in [4.69, 9.17) is 14.2 Å². The summed E-state index contributed by atoms with van der Waals surface area (Å²) in [4.78, 5) is 36.4. The first kappa shape index (κ1) is 24.2. The van der Waals surface area contributed by atoms with Crippen LogP contribution in [0.15, 0.2) is 46.9 Å². The van der Waals surface area contributed by atoms with Crippen molar-refractivity contribution in [2.24, 2.45) is 0 Å². The number of benzene rings is 2. The minimum atomic E-state index is -0.945. The molecular formula is C22H25BrN2O6. The van der Waals surface area contributed by atoms with Crippen molar-refractivity contribution in [1.29, 1.82) is 0 Å². The summed E-state index contributed by atoms with van der Waals surface area (Å²) in [6, 6.07) is 11.5. The van der Waals surface area contributed by atoms with E-state index in [-0.39, 0.29) is 41.5 Å². The van der Waals surface area contributed by atoms with E-state index >= 15 is 0 Å². The van der Waals surface area contributed by atoms with Gasteiger partial charge in [-0.2, -0.15) is 0 Å². The maximum atomic E-state index is 12.4. The summed E-state index contributed by atoms with van der Waals surface area (Å²) >= 11 is 3.33. The number of rotatable bonds is 9. The van der Waals surface area contributed by atoms with E-state index < -0.39 is 12.1 Å². The lowest BCUT2D eigenvalue weighted by molar-refractivity contribution is -0.129. The number of ether oxygens (including phenoxy) is 3. The topological polar surface area (TPSA) is 103 Å². The molecule has 2 N–H and O–H groups in total. The predicted molar refractivity (Wildman–Crippen MR) is 119 cm³/mol. The fourth-order valence-electron chi connectivity index (χ4n) is 2.47. The van der Waals surface area contributed by atoms with Crippen molar-refractivity contribution in [2.75, 3.05) is 19.0 Å². The first-order valence-corrected chi connectivity index (χ1v) is 10.4. The normalized spacial score (nSPS) is 11.4. The van der Waals surface area contributed by atoms with Gasteiger partial charge in [0, 0.05) is 16.2 Å². The lowest BCUT2D eigenvalue weighted by Gasteiger charge is -2.16. The number of anilines is 1. The van der Waals surface area contributed by atoms with Crippen molar-refractivity contribution in [1.82, 2.24) is 5.32 Å². The van der Waals surface area contributed by atoms with Gasteiger partial charge >= 0.3 is 5.97 Å². The van der Waals surface area contributed by atoms with E-state index in [1.54, 1.807) is 12.1 Å². The van der Waals surface area contributed by atoms with Crippen LogP contribution in [0, 0.1) is 0 Å². The van der Waals surface area contributed by atoms with Crippen LogP contribution in [0.4, 0.5) is 5.69 Å². The quantitative estimate of drug-likeness (QED) is 0.518. The van der Waals surface area contributed by atoms with Crippen LogP contribution in [0.2, 0.25) is 0 Å². The Balaban J connectivity index is 1.97. The van der Waals surface area contributed by atoms with Gasteiger partial charge in [-0.3, -0.25) is 9.59 Å². The molecule has 2 amide bonds. The van der Waals surface area contributed by atoms with Crippen LogP contribution in [0.25, 0.3) is 0 Å². The van der Waals surface area contributed by atoms with Crippen molar-refractivity contribution in [3.8, 4) is 11.5 Å². The van der Waals surface area contributed by atoms with E-state index in [0.29, 0.717) is 5.69 Å². The van der Waals surface area contributed by atoms with E-state index in [9.17, 15) is 14.4 Å². The Morgan fingerprint density at radius 3 is 2.29 bits per heavy atom. The Morgan fingerprint density at radius 2 is 1.68 bits per heavy atom. The number of hydrogen-bond donors (Lipinski definition) is 2. The van der Waals surface area contributed by atoms with Gasteiger partial charge in [0.2, 0.25) is 0 Å². The maximum absolute atomic E-state index is 12.4. The van der Waals surface area contributed by atoms with Crippen molar-refractivity contribution in [3.63, 3.8) is 0 Å². The first-order valence-electron chi connectivity index (χ1n) is 9.57. The Hall–Kier alpha value is -3.07. The molecule has 0 saturated carbocycles. The third kappa shape index (κ3) is 7.60. The van der Waals surface area contributed by atoms with Crippen LogP contribution in [-0.2, 0) is 14.3 Å². The molecule has 31 heavy (non-hydrogen) atoms. The number of methoxy groups -OCH3 is 1. The molecule has 0 radical (unpaired) electrons. The predicted octanol–water partition coefficient (Wildman–Crippen LogP) is 3.55. The Morgan fingerprint density at radius 1 is 1.00 bits per heavy atom. The zero-order valence-corrected chi connectivity index (χ0v) is 19.3. The van der Waals surface area contributed by atoms with E-state index in [2.05, 4.69) is 26.6 Å². The summed E-state index contributed by atoms with van der Waals surface area (Å²) in [5.74, 6) is -0.866. The molecular weight excluding hydrogens is 468 g/mol. The highest BCUT2D eigenvalue weighted by molar-refractivity contribution is 9.10. The first-order chi connectivity index (χ1) is 14.7. The van der Waals surface area contributed by atoms with E-state index in [0.717, 1.165) is 4.47 Å². The number of nitrogens with one attached hydrogen (secondary N) is 2. The van der Waals surface area contributed by atoms with Gasteiger partial charge in [0.05, 0.1) is 12.7 Å². The third-order valence-electron chi connectivity index (χ3n) is 3.97. The number of hydrogen-bond acceptors (Lipinski definition) is 6. The number of amides is 2. The molecule has 0 aromatic heterocycles. The highest BCUT2D eigenvalue weighted by Gasteiger charge is 2.20. The zero-order valence-electron chi connectivity index (χ0n) is 17.7. The van der Waals surface area contributed by atoms with Crippen molar-refractivity contribution < 1.29 is 28.6 Å². The van der Waals surface area contributed by atoms with Crippen LogP contribution in [0.1, 0.15) is 31.1 Å². The molecule has 0 bridgehead atoms. The van der Waals surface area contributed by atoms with Gasteiger partial charge in [-0.1, -0.05) is 15.9 Å². The highest BCUT2D eigenvalue weighted by atomic mass is 79.9. The summed E-state index contributed by atoms with van der Waals surface area (Å²) in [6.07, 6.45) is -0.945. The number of esters is 1. The summed E-state index contributed by atoms with van der Waals surface area (Å²) < 4.78 is 16.9. The molecule has 1 atom stereocenters. The Labute approximate surface area is 189 Å². The van der Waals surface area contributed by atoms with Crippen molar-refractivity contribution >= 4 is 39.4 Å². The lowest BCUT2D eigenvalue weighted by atomic mass is 10.2. The van der Waals surface area contributed by atoms with Gasteiger partial charge in [0.1, 0.15) is 0 Å². The SMILES string of the molecule is COc1cc(C(=O)OC(C)C(=O)NC(C)C)ccc1OCC(=O)Nc1ccc(Br)cc1. The molecule has 0 aliphatic rings. The number of halogens is 1. The number of carbonyl (C=O) groups is 3. The summed E-state index contributed by atoms with van der Waals surface area (Å²) in [5, 5.41) is 5.39. The summed E-state index contributed by atoms with van der Waals surface area (Å²) in [6.45, 7) is 4.88. The molecule has 0 fully saturated rings. The smallest absolute Gasteiger partial charge is 0.339 e. The molecule has 1 unspecified atom stereocenters.